The molecule has 0 bridgehead atoms. The summed E-state index contributed by atoms with van der Waals surface area (Å²) in [4.78, 5) is 2.59. The van der Waals surface area contributed by atoms with Crippen molar-refractivity contribution < 1.29 is 4.74 Å². The Labute approximate surface area is 123 Å². The summed E-state index contributed by atoms with van der Waals surface area (Å²) >= 11 is 3.48. The number of methoxy groups -OCH3 is 1. The van der Waals surface area contributed by atoms with Crippen LogP contribution in [-0.2, 0) is 6.42 Å². The van der Waals surface area contributed by atoms with Crippen molar-refractivity contribution in [3.8, 4) is 5.88 Å². The first kappa shape index (κ1) is 14.7. The van der Waals surface area contributed by atoms with E-state index in [0.29, 0.717) is 18.0 Å². The number of halogens is 1. The van der Waals surface area contributed by atoms with Crippen LogP contribution in [-0.4, -0.2) is 40.8 Å². The lowest BCUT2D eigenvalue weighted by molar-refractivity contribution is 0.111. The van der Waals surface area contributed by atoms with Crippen molar-refractivity contribution in [2.75, 3.05) is 13.7 Å². The molecule has 0 spiro atoms. The largest absolute Gasteiger partial charge is 0.479 e. The van der Waals surface area contributed by atoms with Gasteiger partial charge < -0.3 is 4.74 Å². The average Bonchev–Trinajstić information content (AvgIpc) is 2.39. The monoisotopic (exact) mass is 327 g/mol. The first-order chi connectivity index (χ1) is 9.11. The van der Waals surface area contributed by atoms with Crippen molar-refractivity contribution in [2.45, 2.75) is 51.6 Å². The molecule has 1 aliphatic rings. The summed E-state index contributed by atoms with van der Waals surface area (Å²) in [6, 6.07) is 3.21. The molecule has 1 atom stereocenters. The minimum absolute atomic E-state index is 0.549. The summed E-state index contributed by atoms with van der Waals surface area (Å²) in [5, 5.41) is 8.36. The number of rotatable bonds is 4. The molecule has 106 valence electrons. The van der Waals surface area contributed by atoms with Crippen LogP contribution in [0.25, 0.3) is 0 Å². The fourth-order valence-electron chi connectivity index (χ4n) is 2.80. The van der Waals surface area contributed by atoms with Crippen LogP contribution in [0.5, 0.6) is 5.88 Å². The summed E-state index contributed by atoms with van der Waals surface area (Å²) in [7, 11) is 1.61. The van der Waals surface area contributed by atoms with Crippen LogP contribution in [0.2, 0.25) is 0 Å². The molecule has 0 saturated carbocycles. The van der Waals surface area contributed by atoms with Crippen molar-refractivity contribution in [1.29, 1.82) is 0 Å². The number of hydrogen-bond acceptors (Lipinski definition) is 4. The Morgan fingerprint density at radius 2 is 2.21 bits per heavy atom. The van der Waals surface area contributed by atoms with Gasteiger partial charge in [-0.15, -0.1) is 5.10 Å². The van der Waals surface area contributed by atoms with Gasteiger partial charge in [0.05, 0.1) is 17.3 Å². The van der Waals surface area contributed by atoms with Crippen LogP contribution in [0.15, 0.2) is 10.5 Å². The van der Waals surface area contributed by atoms with E-state index >= 15 is 0 Å². The maximum Gasteiger partial charge on any atom is 0.247 e. The Kier molecular flexibility index (Phi) is 5.16. The smallest absolute Gasteiger partial charge is 0.247 e. The third kappa shape index (κ3) is 3.66. The summed E-state index contributed by atoms with van der Waals surface area (Å²) in [5.41, 5.74) is 1.03. The zero-order valence-electron chi connectivity index (χ0n) is 11.9. The average molecular weight is 328 g/mol. The Balaban J connectivity index is 2.08. The molecule has 1 fully saturated rings. The predicted octanol–water partition coefficient (Wildman–Crippen LogP) is 3.05. The Morgan fingerprint density at radius 3 is 2.84 bits per heavy atom. The summed E-state index contributed by atoms with van der Waals surface area (Å²) in [6.45, 7) is 5.74. The highest BCUT2D eigenvalue weighted by atomic mass is 79.9. The lowest BCUT2D eigenvalue weighted by atomic mass is 9.96. The van der Waals surface area contributed by atoms with Crippen molar-refractivity contribution in [2.24, 2.45) is 0 Å². The van der Waals surface area contributed by atoms with Crippen LogP contribution >= 0.6 is 15.9 Å². The molecule has 0 amide bonds. The number of hydrogen-bond donors (Lipinski definition) is 0. The normalized spacial score (nSPS) is 20.8. The summed E-state index contributed by atoms with van der Waals surface area (Å²) in [6.07, 6.45) is 4.85. The molecule has 1 aromatic heterocycles. The fraction of sp³-hybridized carbons (Fsp3) is 0.714. The number of aromatic nitrogens is 2. The number of ether oxygens (including phenoxy) is 1. The molecule has 0 radical (unpaired) electrons. The highest BCUT2D eigenvalue weighted by molar-refractivity contribution is 9.10. The zero-order valence-corrected chi connectivity index (χ0v) is 13.5. The van der Waals surface area contributed by atoms with Gasteiger partial charge in [0, 0.05) is 18.5 Å². The molecule has 5 heteroatoms. The van der Waals surface area contributed by atoms with E-state index in [4.69, 9.17) is 4.74 Å². The Bertz CT molecular complexity index is 425. The SMILES string of the molecule is COc1nnc(CC2CCCCN2C(C)C)cc1Br. The van der Waals surface area contributed by atoms with Gasteiger partial charge in [-0.05, 0) is 55.2 Å². The lowest BCUT2D eigenvalue weighted by Gasteiger charge is -2.38. The van der Waals surface area contributed by atoms with Gasteiger partial charge in [0.25, 0.3) is 0 Å². The van der Waals surface area contributed by atoms with E-state index in [1.165, 1.54) is 25.8 Å². The van der Waals surface area contributed by atoms with E-state index in [1.54, 1.807) is 7.11 Å². The minimum atomic E-state index is 0.549. The Morgan fingerprint density at radius 1 is 1.42 bits per heavy atom. The molecule has 0 aromatic carbocycles. The van der Waals surface area contributed by atoms with E-state index in [0.717, 1.165) is 16.6 Å². The highest BCUT2D eigenvalue weighted by Gasteiger charge is 2.25. The predicted molar refractivity (Wildman–Crippen MR) is 79.5 cm³/mol. The molecule has 19 heavy (non-hydrogen) atoms. The van der Waals surface area contributed by atoms with E-state index in [-0.39, 0.29) is 0 Å². The molecular formula is C14H22BrN3O. The van der Waals surface area contributed by atoms with E-state index in [1.807, 2.05) is 6.07 Å². The second-order valence-corrected chi connectivity index (χ2v) is 6.23. The zero-order chi connectivity index (χ0) is 13.8. The van der Waals surface area contributed by atoms with Crippen molar-refractivity contribution in [3.05, 3.63) is 16.2 Å². The lowest BCUT2D eigenvalue weighted by Crippen LogP contribution is -2.45. The van der Waals surface area contributed by atoms with Crippen LogP contribution in [0.3, 0.4) is 0 Å². The molecular weight excluding hydrogens is 306 g/mol. The third-order valence-corrected chi connectivity index (χ3v) is 4.31. The topological polar surface area (TPSA) is 38.3 Å². The maximum atomic E-state index is 5.12. The van der Waals surface area contributed by atoms with Crippen LogP contribution in [0.4, 0.5) is 0 Å². The number of nitrogens with zero attached hydrogens (tertiary/aromatic N) is 3. The van der Waals surface area contributed by atoms with Gasteiger partial charge in [-0.25, -0.2) is 0 Å². The van der Waals surface area contributed by atoms with E-state index in [9.17, 15) is 0 Å². The van der Waals surface area contributed by atoms with Crippen LogP contribution < -0.4 is 4.74 Å². The van der Waals surface area contributed by atoms with Crippen LogP contribution in [0, 0.1) is 0 Å². The van der Waals surface area contributed by atoms with E-state index < -0.39 is 0 Å². The molecule has 4 nitrogen and oxygen atoms in total. The molecule has 0 aliphatic carbocycles. The highest BCUT2D eigenvalue weighted by Crippen LogP contribution is 2.25. The Hall–Kier alpha value is -0.680. The maximum absolute atomic E-state index is 5.12. The van der Waals surface area contributed by atoms with Gasteiger partial charge in [0.15, 0.2) is 0 Å². The molecule has 0 N–H and O–H groups in total. The first-order valence-corrected chi connectivity index (χ1v) is 7.73. The number of piperidine rings is 1. The standard InChI is InChI=1S/C14H22BrN3O/c1-10(2)18-7-5-4-6-12(18)8-11-9-13(15)14(19-3)17-16-11/h9-10,12H,4-8H2,1-3H3. The van der Waals surface area contributed by atoms with Gasteiger partial charge in [0.1, 0.15) is 0 Å². The quantitative estimate of drug-likeness (QED) is 0.851. The van der Waals surface area contributed by atoms with Gasteiger partial charge in [-0.3, -0.25) is 4.90 Å². The molecule has 2 rings (SSSR count). The number of likely N-dealkylation sites (tertiary alicyclic amines) is 1. The van der Waals surface area contributed by atoms with Gasteiger partial charge in [-0.1, -0.05) is 6.42 Å². The van der Waals surface area contributed by atoms with Gasteiger partial charge in [-0.2, -0.15) is 5.10 Å². The molecule has 2 heterocycles. The molecule has 1 unspecified atom stereocenters. The molecule has 1 saturated heterocycles. The van der Waals surface area contributed by atoms with Gasteiger partial charge in [0.2, 0.25) is 5.88 Å². The second-order valence-electron chi connectivity index (χ2n) is 5.38. The van der Waals surface area contributed by atoms with E-state index in [2.05, 4.69) is 44.9 Å². The van der Waals surface area contributed by atoms with Crippen molar-refractivity contribution in [1.82, 2.24) is 15.1 Å². The van der Waals surface area contributed by atoms with Crippen LogP contribution in [0.1, 0.15) is 38.8 Å². The summed E-state index contributed by atoms with van der Waals surface area (Å²) in [5.74, 6) is 0.549. The third-order valence-electron chi connectivity index (χ3n) is 3.74. The molecule has 1 aliphatic heterocycles. The fourth-order valence-corrected chi connectivity index (χ4v) is 3.30. The summed E-state index contributed by atoms with van der Waals surface area (Å²) < 4.78 is 6.00. The second kappa shape index (κ2) is 6.66. The van der Waals surface area contributed by atoms with Gasteiger partial charge >= 0.3 is 0 Å². The molecule has 1 aromatic rings. The first-order valence-electron chi connectivity index (χ1n) is 6.93. The minimum Gasteiger partial charge on any atom is -0.479 e. The van der Waals surface area contributed by atoms with Crippen molar-refractivity contribution >= 4 is 15.9 Å². The van der Waals surface area contributed by atoms with Crippen molar-refractivity contribution in [3.63, 3.8) is 0 Å².